The van der Waals surface area contributed by atoms with Crippen LogP contribution >= 0.6 is 0 Å². The lowest BCUT2D eigenvalue weighted by molar-refractivity contribution is -0.127. The summed E-state index contributed by atoms with van der Waals surface area (Å²) in [5, 5.41) is 2.96. The van der Waals surface area contributed by atoms with Crippen LogP contribution in [-0.2, 0) is 24.2 Å². The molecule has 126 valence electrons. The third-order valence-corrected chi connectivity index (χ3v) is 4.58. The molecule has 24 heavy (non-hydrogen) atoms. The third-order valence-electron chi connectivity index (χ3n) is 4.58. The maximum atomic E-state index is 12.3. The molecule has 1 aliphatic rings. The average Bonchev–Trinajstić information content (AvgIpc) is 2.60. The van der Waals surface area contributed by atoms with Gasteiger partial charge < -0.3 is 10.1 Å². The fourth-order valence-corrected chi connectivity index (χ4v) is 3.26. The smallest absolute Gasteiger partial charge is 0.261 e. The lowest BCUT2D eigenvalue weighted by atomic mass is 9.91. The van der Waals surface area contributed by atoms with Gasteiger partial charge in [-0.2, -0.15) is 0 Å². The fraction of sp³-hybridized carbons (Fsp3) is 0.381. The number of hydrogen-bond donors (Lipinski definition) is 1. The minimum absolute atomic E-state index is 0.0788. The maximum absolute atomic E-state index is 12.3. The van der Waals surface area contributed by atoms with Crippen molar-refractivity contribution >= 4 is 5.91 Å². The van der Waals surface area contributed by atoms with Crippen molar-refractivity contribution in [3.8, 4) is 5.75 Å². The van der Waals surface area contributed by atoms with Gasteiger partial charge in [-0.15, -0.1) is 0 Å². The van der Waals surface area contributed by atoms with E-state index in [1.807, 2.05) is 31.2 Å². The van der Waals surface area contributed by atoms with Crippen molar-refractivity contribution in [2.45, 2.75) is 52.2 Å². The molecule has 3 rings (SSSR count). The molecule has 0 radical (unpaired) electrons. The van der Waals surface area contributed by atoms with Crippen LogP contribution in [0, 0.1) is 6.92 Å². The zero-order valence-corrected chi connectivity index (χ0v) is 14.5. The van der Waals surface area contributed by atoms with E-state index in [4.69, 9.17) is 4.74 Å². The van der Waals surface area contributed by atoms with E-state index in [1.54, 1.807) is 0 Å². The van der Waals surface area contributed by atoms with Crippen molar-refractivity contribution in [1.82, 2.24) is 5.32 Å². The Kier molecular flexibility index (Phi) is 5.19. The summed E-state index contributed by atoms with van der Waals surface area (Å²) in [7, 11) is 0. The van der Waals surface area contributed by atoms with Gasteiger partial charge in [0, 0.05) is 6.54 Å². The molecular formula is C21H25NO2. The molecule has 0 saturated heterocycles. The topological polar surface area (TPSA) is 38.3 Å². The Labute approximate surface area is 144 Å². The molecule has 3 heteroatoms. The van der Waals surface area contributed by atoms with Gasteiger partial charge in [0.1, 0.15) is 5.75 Å². The zero-order chi connectivity index (χ0) is 16.9. The molecule has 0 unspecified atom stereocenters. The van der Waals surface area contributed by atoms with Crippen molar-refractivity contribution in [2.24, 2.45) is 0 Å². The molecular weight excluding hydrogens is 298 g/mol. The number of aryl methyl sites for hydroxylation is 2. The lowest BCUT2D eigenvalue weighted by Gasteiger charge is -2.22. The summed E-state index contributed by atoms with van der Waals surface area (Å²) in [6, 6.07) is 14.3. The van der Waals surface area contributed by atoms with E-state index in [2.05, 4.69) is 30.4 Å². The minimum Gasteiger partial charge on any atom is -0.481 e. The highest BCUT2D eigenvalue weighted by atomic mass is 16.5. The van der Waals surface area contributed by atoms with E-state index in [0.717, 1.165) is 24.2 Å². The van der Waals surface area contributed by atoms with Gasteiger partial charge >= 0.3 is 0 Å². The normalized spacial score (nSPS) is 14.6. The lowest BCUT2D eigenvalue weighted by Crippen LogP contribution is -2.36. The zero-order valence-electron chi connectivity index (χ0n) is 14.5. The van der Waals surface area contributed by atoms with Crippen LogP contribution in [0.25, 0.3) is 0 Å². The highest BCUT2D eigenvalue weighted by Crippen LogP contribution is 2.30. The molecule has 1 aliphatic carbocycles. The van der Waals surface area contributed by atoms with E-state index < -0.39 is 6.10 Å². The van der Waals surface area contributed by atoms with Crippen LogP contribution in [-0.4, -0.2) is 12.0 Å². The van der Waals surface area contributed by atoms with E-state index in [-0.39, 0.29) is 5.91 Å². The molecule has 1 atom stereocenters. The Bertz CT molecular complexity index is 724. The van der Waals surface area contributed by atoms with Crippen LogP contribution in [0.2, 0.25) is 0 Å². The summed E-state index contributed by atoms with van der Waals surface area (Å²) in [5.41, 5.74) is 4.95. The van der Waals surface area contributed by atoms with E-state index in [9.17, 15) is 4.79 Å². The first-order valence-corrected chi connectivity index (χ1v) is 8.74. The van der Waals surface area contributed by atoms with Gasteiger partial charge in [-0.25, -0.2) is 0 Å². The van der Waals surface area contributed by atoms with E-state index in [1.165, 1.54) is 29.5 Å². The summed E-state index contributed by atoms with van der Waals surface area (Å²) in [6.07, 6.45) is 4.09. The first-order chi connectivity index (χ1) is 11.6. The van der Waals surface area contributed by atoms with Crippen molar-refractivity contribution in [3.63, 3.8) is 0 Å². The molecule has 0 fully saturated rings. The molecule has 2 aromatic carbocycles. The van der Waals surface area contributed by atoms with Crippen LogP contribution in [0.3, 0.4) is 0 Å². The molecule has 0 saturated carbocycles. The van der Waals surface area contributed by atoms with Gasteiger partial charge in [0.05, 0.1) is 0 Å². The number of amides is 1. The van der Waals surface area contributed by atoms with Crippen LogP contribution < -0.4 is 10.1 Å². The van der Waals surface area contributed by atoms with Gasteiger partial charge in [-0.1, -0.05) is 42.0 Å². The van der Waals surface area contributed by atoms with Gasteiger partial charge in [-0.3, -0.25) is 4.79 Å². The Balaban J connectivity index is 1.60. The monoisotopic (exact) mass is 323 g/mol. The highest BCUT2D eigenvalue weighted by molar-refractivity contribution is 5.80. The molecule has 1 amide bonds. The minimum atomic E-state index is -0.497. The Hall–Kier alpha value is -2.29. The molecule has 0 aromatic heterocycles. The number of benzene rings is 2. The molecule has 1 N–H and O–H groups in total. The second-order valence-electron chi connectivity index (χ2n) is 6.57. The quantitative estimate of drug-likeness (QED) is 0.904. The Morgan fingerprint density at radius 3 is 2.79 bits per heavy atom. The number of carbonyl (C=O) groups is 1. The predicted molar refractivity (Wildman–Crippen MR) is 96.2 cm³/mol. The number of nitrogens with one attached hydrogen (secondary N) is 1. The largest absolute Gasteiger partial charge is 0.481 e. The summed E-state index contributed by atoms with van der Waals surface area (Å²) >= 11 is 0. The summed E-state index contributed by atoms with van der Waals surface area (Å²) in [6.45, 7) is 4.39. The third kappa shape index (κ3) is 3.97. The highest BCUT2D eigenvalue weighted by Gasteiger charge is 2.19. The number of hydrogen-bond acceptors (Lipinski definition) is 2. The van der Waals surface area contributed by atoms with Crippen LogP contribution in [0.5, 0.6) is 5.75 Å². The Morgan fingerprint density at radius 1 is 1.17 bits per heavy atom. The molecule has 2 aromatic rings. The first-order valence-electron chi connectivity index (χ1n) is 8.74. The second kappa shape index (κ2) is 7.52. The van der Waals surface area contributed by atoms with Gasteiger partial charge in [0.15, 0.2) is 6.10 Å². The van der Waals surface area contributed by atoms with Crippen LogP contribution in [0.15, 0.2) is 42.5 Å². The van der Waals surface area contributed by atoms with Crippen molar-refractivity contribution in [1.29, 1.82) is 0 Å². The van der Waals surface area contributed by atoms with Crippen LogP contribution in [0.1, 0.15) is 42.0 Å². The standard InChI is InChI=1S/C21H25NO2/c1-15-7-5-8-17(13-15)14-22-21(23)16(2)24-20-12-6-10-18-9-3-4-11-19(18)20/h5-8,10,12-13,16H,3-4,9,11,14H2,1-2H3,(H,22,23)/t16-/m1/s1. The van der Waals surface area contributed by atoms with Crippen molar-refractivity contribution < 1.29 is 9.53 Å². The molecule has 0 bridgehead atoms. The molecule has 3 nitrogen and oxygen atoms in total. The maximum Gasteiger partial charge on any atom is 0.261 e. The summed E-state index contributed by atoms with van der Waals surface area (Å²) in [5.74, 6) is 0.787. The van der Waals surface area contributed by atoms with Crippen LogP contribution in [0.4, 0.5) is 0 Å². The average molecular weight is 323 g/mol. The fourth-order valence-electron chi connectivity index (χ4n) is 3.26. The predicted octanol–water partition coefficient (Wildman–Crippen LogP) is 3.96. The second-order valence-corrected chi connectivity index (χ2v) is 6.57. The summed E-state index contributed by atoms with van der Waals surface area (Å²) in [4.78, 5) is 12.3. The Morgan fingerprint density at radius 2 is 1.96 bits per heavy atom. The van der Waals surface area contributed by atoms with Crippen molar-refractivity contribution in [2.75, 3.05) is 0 Å². The SMILES string of the molecule is Cc1cccc(CNC(=O)[C@@H](C)Oc2cccc3c2CCCC3)c1. The molecule has 0 aliphatic heterocycles. The number of fused-ring (bicyclic) bond motifs is 1. The molecule has 0 spiro atoms. The van der Waals surface area contributed by atoms with E-state index in [0.29, 0.717) is 6.54 Å². The van der Waals surface area contributed by atoms with Crippen molar-refractivity contribution in [3.05, 3.63) is 64.7 Å². The summed E-state index contributed by atoms with van der Waals surface area (Å²) < 4.78 is 5.97. The van der Waals surface area contributed by atoms with Gasteiger partial charge in [0.2, 0.25) is 0 Å². The number of rotatable bonds is 5. The number of carbonyl (C=O) groups excluding carboxylic acids is 1. The van der Waals surface area contributed by atoms with Gasteiger partial charge in [0.25, 0.3) is 5.91 Å². The van der Waals surface area contributed by atoms with Gasteiger partial charge in [-0.05, 0) is 62.3 Å². The number of ether oxygens (including phenoxy) is 1. The first kappa shape index (κ1) is 16.6. The van der Waals surface area contributed by atoms with E-state index >= 15 is 0 Å². The molecule has 0 heterocycles.